The van der Waals surface area contributed by atoms with Crippen molar-refractivity contribution >= 4 is 17.2 Å². The van der Waals surface area contributed by atoms with E-state index in [2.05, 4.69) is 44.4 Å². The molecule has 3 nitrogen and oxygen atoms in total. The Morgan fingerprint density at radius 3 is 2.58 bits per heavy atom. The van der Waals surface area contributed by atoms with Crippen molar-refractivity contribution in [2.75, 3.05) is 6.54 Å². The van der Waals surface area contributed by atoms with Crippen LogP contribution >= 0.6 is 11.3 Å². The predicted octanol–water partition coefficient (Wildman–Crippen LogP) is 3.32. The summed E-state index contributed by atoms with van der Waals surface area (Å²) in [7, 11) is 0. The number of hydrogen-bond donors (Lipinski definition) is 2. The van der Waals surface area contributed by atoms with Gasteiger partial charge in [0.1, 0.15) is 0 Å². The van der Waals surface area contributed by atoms with E-state index in [0.717, 1.165) is 13.0 Å². The topological polar surface area (TPSA) is 41.1 Å². The summed E-state index contributed by atoms with van der Waals surface area (Å²) in [4.78, 5) is 14.4. The summed E-state index contributed by atoms with van der Waals surface area (Å²) in [6.07, 6.45) is 1.51. The Labute approximate surface area is 120 Å². The molecule has 4 heteroatoms. The molecule has 0 aliphatic heterocycles. The molecular formula is C15H26N2OS. The fraction of sp³-hybridized carbons (Fsp3) is 0.667. The van der Waals surface area contributed by atoms with Gasteiger partial charge in [0.2, 0.25) is 5.91 Å². The molecule has 0 saturated heterocycles. The van der Waals surface area contributed by atoms with Crippen LogP contribution in [-0.2, 0) is 4.79 Å². The second-order valence-electron chi connectivity index (χ2n) is 5.17. The summed E-state index contributed by atoms with van der Waals surface area (Å²) in [6.45, 7) is 11.3. The van der Waals surface area contributed by atoms with Crippen LogP contribution in [0.25, 0.3) is 0 Å². The zero-order valence-corrected chi connectivity index (χ0v) is 13.5. The Hall–Kier alpha value is -0.870. The second-order valence-corrected chi connectivity index (χ2v) is 6.63. The number of aryl methyl sites for hydroxylation is 2. The van der Waals surface area contributed by atoms with Crippen LogP contribution in [0.15, 0.2) is 6.07 Å². The second kappa shape index (κ2) is 7.65. The Kier molecular flexibility index (Phi) is 6.52. The highest BCUT2D eigenvalue weighted by atomic mass is 32.1. The van der Waals surface area contributed by atoms with Crippen LogP contribution in [0.5, 0.6) is 0 Å². The molecule has 0 aliphatic carbocycles. The standard InChI is InChI=1S/C15H26N2OS/c1-6-10(2)17-15(18)7-8-16-12(4)14-9-11(3)19-13(14)5/h9-10,12,16H,6-8H2,1-5H3,(H,17,18). The summed E-state index contributed by atoms with van der Waals surface area (Å²) in [6, 6.07) is 2.81. The molecule has 0 aromatic carbocycles. The van der Waals surface area contributed by atoms with Crippen molar-refractivity contribution in [1.29, 1.82) is 0 Å². The highest BCUT2D eigenvalue weighted by Crippen LogP contribution is 2.25. The average molecular weight is 282 g/mol. The van der Waals surface area contributed by atoms with Crippen LogP contribution in [0, 0.1) is 13.8 Å². The summed E-state index contributed by atoms with van der Waals surface area (Å²) in [5.74, 6) is 0.132. The molecule has 1 aromatic rings. The Balaban J connectivity index is 2.33. The third-order valence-corrected chi connectivity index (χ3v) is 4.35. The van der Waals surface area contributed by atoms with E-state index < -0.39 is 0 Å². The van der Waals surface area contributed by atoms with E-state index in [-0.39, 0.29) is 11.9 Å². The average Bonchev–Trinajstić information content (AvgIpc) is 2.68. The Morgan fingerprint density at radius 1 is 1.37 bits per heavy atom. The van der Waals surface area contributed by atoms with Crippen LogP contribution in [-0.4, -0.2) is 18.5 Å². The molecule has 1 rings (SSSR count). The Morgan fingerprint density at radius 2 is 2.05 bits per heavy atom. The van der Waals surface area contributed by atoms with Gasteiger partial charge in [0.15, 0.2) is 0 Å². The highest BCUT2D eigenvalue weighted by Gasteiger charge is 2.11. The van der Waals surface area contributed by atoms with Gasteiger partial charge in [-0.3, -0.25) is 4.79 Å². The van der Waals surface area contributed by atoms with Gasteiger partial charge in [0.25, 0.3) is 0 Å². The third-order valence-electron chi connectivity index (χ3n) is 3.37. The van der Waals surface area contributed by atoms with E-state index in [4.69, 9.17) is 0 Å². The van der Waals surface area contributed by atoms with E-state index in [1.54, 1.807) is 0 Å². The Bertz CT molecular complexity index is 414. The van der Waals surface area contributed by atoms with Gasteiger partial charge in [-0.15, -0.1) is 11.3 Å². The molecule has 1 aromatic heterocycles. The van der Waals surface area contributed by atoms with Gasteiger partial charge in [-0.1, -0.05) is 6.92 Å². The zero-order chi connectivity index (χ0) is 14.4. The van der Waals surface area contributed by atoms with Crippen LogP contribution in [0.1, 0.15) is 55.0 Å². The van der Waals surface area contributed by atoms with Gasteiger partial charge >= 0.3 is 0 Å². The minimum absolute atomic E-state index is 0.132. The quantitative estimate of drug-likeness (QED) is 0.805. The SMILES string of the molecule is CCC(C)NC(=O)CCNC(C)c1cc(C)sc1C. The van der Waals surface area contributed by atoms with Crippen molar-refractivity contribution in [3.8, 4) is 0 Å². The van der Waals surface area contributed by atoms with Crippen molar-refractivity contribution in [2.24, 2.45) is 0 Å². The molecule has 0 saturated carbocycles. The normalized spacial score (nSPS) is 14.2. The van der Waals surface area contributed by atoms with Crippen molar-refractivity contribution < 1.29 is 4.79 Å². The van der Waals surface area contributed by atoms with Gasteiger partial charge in [0, 0.05) is 34.8 Å². The predicted molar refractivity (Wildman–Crippen MR) is 82.7 cm³/mol. The number of carbonyl (C=O) groups excluding carboxylic acids is 1. The van der Waals surface area contributed by atoms with E-state index in [1.807, 2.05) is 18.3 Å². The summed E-state index contributed by atoms with van der Waals surface area (Å²) in [5.41, 5.74) is 1.35. The lowest BCUT2D eigenvalue weighted by Crippen LogP contribution is -2.34. The molecule has 0 aliphatic rings. The fourth-order valence-electron chi connectivity index (χ4n) is 2.04. The van der Waals surface area contributed by atoms with Crippen LogP contribution in [0.4, 0.5) is 0 Å². The van der Waals surface area contributed by atoms with Crippen molar-refractivity contribution in [3.05, 3.63) is 21.4 Å². The molecule has 0 bridgehead atoms. The summed E-state index contributed by atoms with van der Waals surface area (Å²) in [5, 5.41) is 6.40. The van der Waals surface area contributed by atoms with E-state index >= 15 is 0 Å². The van der Waals surface area contributed by atoms with Gasteiger partial charge in [-0.25, -0.2) is 0 Å². The van der Waals surface area contributed by atoms with Gasteiger partial charge in [-0.05, 0) is 45.7 Å². The first-order valence-electron chi connectivity index (χ1n) is 7.03. The molecule has 1 heterocycles. The first-order chi connectivity index (χ1) is 8.93. The van der Waals surface area contributed by atoms with E-state index in [0.29, 0.717) is 12.5 Å². The molecule has 2 atom stereocenters. The van der Waals surface area contributed by atoms with Gasteiger partial charge in [-0.2, -0.15) is 0 Å². The minimum atomic E-state index is 0.132. The molecule has 0 spiro atoms. The number of rotatable bonds is 7. The fourth-order valence-corrected chi connectivity index (χ4v) is 3.06. The molecule has 0 fully saturated rings. The third kappa shape index (κ3) is 5.33. The molecule has 1 amide bonds. The van der Waals surface area contributed by atoms with E-state index in [1.165, 1.54) is 15.3 Å². The maximum absolute atomic E-state index is 11.7. The molecule has 108 valence electrons. The zero-order valence-electron chi connectivity index (χ0n) is 12.7. The summed E-state index contributed by atoms with van der Waals surface area (Å²) < 4.78 is 0. The van der Waals surface area contributed by atoms with Crippen LogP contribution in [0.2, 0.25) is 0 Å². The lowest BCUT2D eigenvalue weighted by Gasteiger charge is -2.15. The maximum atomic E-state index is 11.7. The number of carbonyl (C=O) groups is 1. The smallest absolute Gasteiger partial charge is 0.221 e. The van der Waals surface area contributed by atoms with E-state index in [9.17, 15) is 4.79 Å². The number of hydrogen-bond acceptors (Lipinski definition) is 3. The lowest BCUT2D eigenvalue weighted by molar-refractivity contribution is -0.121. The van der Waals surface area contributed by atoms with Crippen LogP contribution < -0.4 is 10.6 Å². The lowest BCUT2D eigenvalue weighted by atomic mass is 10.1. The van der Waals surface area contributed by atoms with Crippen molar-refractivity contribution in [3.63, 3.8) is 0 Å². The van der Waals surface area contributed by atoms with Crippen molar-refractivity contribution in [1.82, 2.24) is 10.6 Å². The molecular weight excluding hydrogens is 256 g/mol. The first kappa shape index (κ1) is 16.2. The van der Waals surface area contributed by atoms with Crippen LogP contribution in [0.3, 0.4) is 0 Å². The van der Waals surface area contributed by atoms with Gasteiger partial charge in [0.05, 0.1) is 0 Å². The van der Waals surface area contributed by atoms with Gasteiger partial charge < -0.3 is 10.6 Å². The molecule has 2 unspecified atom stereocenters. The first-order valence-corrected chi connectivity index (χ1v) is 7.85. The molecule has 0 radical (unpaired) electrons. The number of amides is 1. The minimum Gasteiger partial charge on any atom is -0.354 e. The monoisotopic (exact) mass is 282 g/mol. The summed E-state index contributed by atoms with van der Waals surface area (Å²) >= 11 is 1.83. The molecule has 19 heavy (non-hydrogen) atoms. The number of nitrogens with one attached hydrogen (secondary N) is 2. The highest BCUT2D eigenvalue weighted by molar-refractivity contribution is 7.12. The number of thiophene rings is 1. The maximum Gasteiger partial charge on any atom is 0.221 e. The van der Waals surface area contributed by atoms with Crippen molar-refractivity contribution in [2.45, 2.75) is 59.5 Å². The molecule has 2 N–H and O–H groups in total. The largest absolute Gasteiger partial charge is 0.354 e.